The number of rotatable bonds is 23. The summed E-state index contributed by atoms with van der Waals surface area (Å²) in [6.07, 6.45) is -3.56. The summed E-state index contributed by atoms with van der Waals surface area (Å²) in [5, 5.41) is 37.3. The molecular weight excluding hydrogens is 1430 g/mol. The lowest BCUT2D eigenvalue weighted by atomic mass is 9.91. The van der Waals surface area contributed by atoms with Crippen LogP contribution in [-0.4, -0.2) is 139 Å². The largest absolute Gasteiger partial charge is 0.424 e. The predicted molar refractivity (Wildman–Crippen MR) is 402 cm³/mol. The molecule has 11 aromatic rings. The number of H-pyrrole nitrogens is 3. The second-order valence-electron chi connectivity index (χ2n) is 25.7. The summed E-state index contributed by atoms with van der Waals surface area (Å²) >= 11 is 2.80. The lowest BCUT2D eigenvalue weighted by Gasteiger charge is -2.45. The van der Waals surface area contributed by atoms with Gasteiger partial charge < -0.3 is 46.0 Å². The molecule has 3 aliphatic heterocycles. The summed E-state index contributed by atoms with van der Waals surface area (Å²) in [4.78, 5) is 79.6. The van der Waals surface area contributed by atoms with Crippen LogP contribution in [0.3, 0.4) is 0 Å². The molecule has 0 unspecified atom stereocenters. The highest BCUT2D eigenvalue weighted by Crippen LogP contribution is 2.48. The number of pyridine rings is 2. The van der Waals surface area contributed by atoms with Gasteiger partial charge in [-0.2, -0.15) is 51.6 Å². The van der Waals surface area contributed by atoms with Crippen molar-refractivity contribution < 1.29 is 58.4 Å². The number of anilines is 11. The number of Topliss-reactive ketones (excluding diaryl/α,β-unsaturated/α-hetero) is 1. The topological polar surface area (TPSA) is 319 Å². The number of nitrogens with zero attached hydrogens (tertiary/aromatic N) is 14. The molecule has 26 nitrogen and oxygen atoms in total. The molecule has 2 amide bonds. The molecule has 3 saturated heterocycles. The Morgan fingerprint density at radius 3 is 1.50 bits per heavy atom. The van der Waals surface area contributed by atoms with Gasteiger partial charge in [0.25, 0.3) is 11.8 Å². The fourth-order valence-corrected chi connectivity index (χ4v) is 12.7. The molecule has 4 fully saturated rings. The number of benzene rings is 3. The van der Waals surface area contributed by atoms with Gasteiger partial charge in [-0.3, -0.25) is 39.6 Å². The average molecular weight is 1520 g/mol. The molecule has 15 rings (SSSR count). The molecule has 35 heteroatoms. The van der Waals surface area contributed by atoms with E-state index in [1.807, 2.05) is 87.2 Å². The number of aryl methyl sites for hydroxylation is 4. The minimum Gasteiger partial charge on any atom is -0.424 e. The van der Waals surface area contributed by atoms with E-state index < -0.39 is 47.3 Å². The molecular formula is C72H81F7N22O4S2. The van der Waals surface area contributed by atoms with Gasteiger partial charge in [-0.25, -0.2) is 24.3 Å². The number of amides is 2. The Morgan fingerprint density at radius 1 is 0.570 bits per heavy atom. The number of aromatic amines is 3. The van der Waals surface area contributed by atoms with Crippen LogP contribution in [0, 0.1) is 33.6 Å². The van der Waals surface area contributed by atoms with Crippen LogP contribution in [0.4, 0.5) is 94.5 Å². The molecule has 1 aliphatic carbocycles. The van der Waals surface area contributed by atoms with Crippen LogP contribution in [0.25, 0.3) is 0 Å². The lowest BCUT2D eigenvalue weighted by Crippen LogP contribution is -2.60. The number of halogens is 7. The van der Waals surface area contributed by atoms with Crippen LogP contribution in [0.2, 0.25) is 0 Å². The van der Waals surface area contributed by atoms with Crippen molar-refractivity contribution >= 4 is 105 Å². The standard InChI is InChI=1S/C24H24F4N6O2.C24H21F3N8OS.C24H24N8OS.6H2/c1-14-8-20(33-32-14)29-19-10-21(34-12-23(25,13-34)16-4-5-16)31-22(30-19)36-18-6-2-15(3-7-18)9-17(35)11-24(26,27)28;1-14-11-20(34-33-14)30-19-12-21(35-9-2-10-35)32-23(31-19)37-16-5-3-15(4-6-16)29-22(36)17-7-8-28-13-18(17)24(25,26)27;1-15-4-5-17(14-25-15)23(33)26-18-6-8-19(9-7-18)34-24-28-20(27-21-12-16(2)30-31-21)13-22(29-24)32-10-3-11-32;;;;;;/h2-3,6-8,10,16H,4-5,9,11-13H2,1H3,(H2,29,30,31,32,33);3-8,11-13H,2,9-10H2,1H3,(H,29,36)(H2,30,31,32,33,34);4-9,12-14H,3,10-11H2,1-2H3,(H,26,33)(H2,27,28,29,30,31);6*1H. The zero-order valence-electron chi connectivity index (χ0n) is 57.8. The molecule has 8 aromatic heterocycles. The van der Waals surface area contributed by atoms with Crippen LogP contribution >= 0.6 is 23.5 Å². The van der Waals surface area contributed by atoms with Gasteiger partial charge in [0.05, 0.1) is 29.8 Å². The Hall–Kier alpha value is -11.8. The number of hydrogen-bond donors (Lipinski definition) is 8. The fraction of sp³-hybridized carbons (Fsp3) is 0.278. The summed E-state index contributed by atoms with van der Waals surface area (Å²) in [6, 6.07) is 36.1. The van der Waals surface area contributed by atoms with Gasteiger partial charge in [0, 0.05) is 140 Å². The Bertz CT molecular complexity index is 4990. The molecule has 0 spiro atoms. The first-order chi connectivity index (χ1) is 51.3. The van der Waals surface area contributed by atoms with E-state index in [2.05, 4.69) is 102 Å². The third kappa shape index (κ3) is 20.0. The first-order valence-electron chi connectivity index (χ1n) is 33.8. The molecule has 1 saturated carbocycles. The Kier molecular flexibility index (Phi) is 21.9. The minimum atomic E-state index is -4.68. The van der Waals surface area contributed by atoms with Gasteiger partial charge in [-0.1, -0.05) is 12.1 Å². The minimum absolute atomic E-state index is 0. The Balaban J connectivity index is 0.000000229. The van der Waals surface area contributed by atoms with Crippen molar-refractivity contribution in [3.05, 3.63) is 191 Å². The molecule has 3 aromatic carbocycles. The number of carbonyl (C=O) groups is 3. The van der Waals surface area contributed by atoms with Gasteiger partial charge in [0.1, 0.15) is 58.5 Å². The summed E-state index contributed by atoms with van der Waals surface area (Å²) in [5.41, 5.74) is 2.85. The molecule has 0 bridgehead atoms. The third-order valence-electron chi connectivity index (χ3n) is 17.0. The summed E-state index contributed by atoms with van der Waals surface area (Å²) in [7, 11) is 0. The quantitative estimate of drug-likeness (QED) is 0.0218. The van der Waals surface area contributed by atoms with Gasteiger partial charge >= 0.3 is 18.4 Å². The first-order valence-corrected chi connectivity index (χ1v) is 35.4. The molecule has 564 valence electrons. The summed E-state index contributed by atoms with van der Waals surface area (Å²) in [6.45, 7) is 11.9. The number of ketones is 1. The zero-order chi connectivity index (χ0) is 75.0. The second kappa shape index (κ2) is 31.9. The maximum Gasteiger partial charge on any atom is 0.418 e. The van der Waals surface area contributed by atoms with Crippen LogP contribution in [-0.2, 0) is 17.4 Å². The fourth-order valence-electron chi connectivity index (χ4n) is 11.1. The van der Waals surface area contributed by atoms with Crippen LogP contribution in [0.1, 0.15) is 95.3 Å². The monoisotopic (exact) mass is 1510 g/mol. The van der Waals surface area contributed by atoms with E-state index in [1.165, 1.54) is 54.2 Å². The number of alkyl halides is 7. The number of aromatic nitrogens is 14. The normalized spacial score (nSPS) is 14.4. The van der Waals surface area contributed by atoms with Crippen LogP contribution < -0.4 is 46.0 Å². The Labute approximate surface area is 624 Å². The predicted octanol–water partition coefficient (Wildman–Crippen LogP) is 16.4. The van der Waals surface area contributed by atoms with E-state index in [1.54, 1.807) is 48.7 Å². The van der Waals surface area contributed by atoms with E-state index in [9.17, 15) is 45.1 Å². The zero-order valence-corrected chi connectivity index (χ0v) is 59.4. The highest BCUT2D eigenvalue weighted by atomic mass is 32.2. The van der Waals surface area contributed by atoms with E-state index in [4.69, 9.17) is 9.72 Å². The van der Waals surface area contributed by atoms with E-state index >= 15 is 0 Å². The SMILES string of the molecule is Cc1cc(Nc2cc(N3CC(F)(C4CC4)C3)nc(Oc3ccc(CC(=O)CC(F)(F)F)cc3)n2)n[nH]1.Cc1cc(Nc2cc(N3CCC3)nc(Sc3ccc(NC(=O)c4ccncc4C(F)(F)F)cc3)n2)n[nH]1.Cc1ccc(C(=O)Nc2ccc(Sc3nc(Nc4cc(C)[nH]n4)cc(N4CCC4)n3)cc2)cn1.[HH].[HH].[HH].[HH].[HH].[HH]. The van der Waals surface area contributed by atoms with Crippen molar-refractivity contribution in [2.75, 3.05) is 80.6 Å². The van der Waals surface area contributed by atoms with Crippen molar-refractivity contribution in [1.29, 1.82) is 0 Å². The van der Waals surface area contributed by atoms with Crippen molar-refractivity contribution in [2.24, 2.45) is 5.92 Å². The highest BCUT2D eigenvalue weighted by molar-refractivity contribution is 7.99. The van der Waals surface area contributed by atoms with Gasteiger partial charge in [0.15, 0.2) is 27.8 Å². The smallest absolute Gasteiger partial charge is 0.418 e. The van der Waals surface area contributed by atoms with Gasteiger partial charge in [-0.15, -0.1) is 0 Å². The van der Waals surface area contributed by atoms with Crippen LogP contribution in [0.15, 0.2) is 166 Å². The highest BCUT2D eigenvalue weighted by Gasteiger charge is 2.54. The molecule has 0 atom stereocenters. The van der Waals surface area contributed by atoms with E-state index in [0.717, 1.165) is 102 Å². The Morgan fingerprint density at radius 2 is 1.07 bits per heavy atom. The number of nitrogens with one attached hydrogen (secondary N) is 8. The van der Waals surface area contributed by atoms with E-state index in [0.29, 0.717) is 85.5 Å². The number of carbonyl (C=O) groups excluding carboxylic acids is 3. The van der Waals surface area contributed by atoms with Gasteiger partial charge in [0.2, 0.25) is 0 Å². The summed E-state index contributed by atoms with van der Waals surface area (Å²) in [5.74, 6) is 4.27. The molecule has 4 aliphatic rings. The van der Waals surface area contributed by atoms with Crippen molar-refractivity contribution in [1.82, 2.24) is 70.5 Å². The van der Waals surface area contributed by atoms with Crippen LogP contribution in [0.5, 0.6) is 11.8 Å². The third-order valence-corrected chi connectivity index (χ3v) is 18.7. The number of ether oxygens (including phenoxy) is 1. The van der Waals surface area contributed by atoms with Gasteiger partial charge in [-0.05, 0) is 167 Å². The van der Waals surface area contributed by atoms with Crippen molar-refractivity contribution in [3.8, 4) is 11.8 Å². The molecule has 0 radical (unpaired) electrons. The summed E-state index contributed by atoms with van der Waals surface area (Å²) < 4.78 is 97.6. The molecule has 11 heterocycles. The lowest BCUT2D eigenvalue weighted by molar-refractivity contribution is -0.151. The molecule has 107 heavy (non-hydrogen) atoms. The van der Waals surface area contributed by atoms with Crippen molar-refractivity contribution in [3.63, 3.8) is 0 Å². The second-order valence-corrected chi connectivity index (χ2v) is 27.8. The average Bonchev–Trinajstić information content (AvgIpc) is 1.60. The first kappa shape index (κ1) is 73.6. The maximum atomic E-state index is 14.9. The maximum absolute atomic E-state index is 14.9. The van der Waals surface area contributed by atoms with E-state index in [-0.39, 0.29) is 45.9 Å². The molecule has 8 N–H and O–H groups in total. The van der Waals surface area contributed by atoms with Crippen molar-refractivity contribution in [2.45, 2.75) is 104 Å². The number of hydrogen-bond acceptors (Lipinski definition) is 23.